The van der Waals surface area contributed by atoms with Crippen LogP contribution >= 0.6 is 22.9 Å². The van der Waals surface area contributed by atoms with Crippen LogP contribution in [0.1, 0.15) is 11.3 Å². The normalized spacial score (nSPS) is 11.4. The van der Waals surface area contributed by atoms with Gasteiger partial charge in [-0.1, -0.05) is 36.9 Å². The molecule has 3 aromatic rings. The molecule has 0 aromatic carbocycles. The van der Waals surface area contributed by atoms with E-state index >= 15 is 0 Å². The molecule has 0 fully saturated rings. The fourth-order valence-corrected chi connectivity index (χ4v) is 4.16. The summed E-state index contributed by atoms with van der Waals surface area (Å²) in [4.78, 5) is 30.9. The van der Waals surface area contributed by atoms with Crippen LogP contribution in [-0.2, 0) is 6.54 Å². The quantitative estimate of drug-likeness (QED) is 0.578. The first kappa shape index (κ1) is 19.5. The Balaban J connectivity index is 2.40. The van der Waals surface area contributed by atoms with Gasteiger partial charge in [0.25, 0.3) is 5.56 Å². The Hall–Kier alpha value is -3.21. The first-order chi connectivity index (χ1) is 13.5. The molecule has 0 aliphatic carbocycles. The van der Waals surface area contributed by atoms with Crippen molar-refractivity contribution in [3.8, 4) is 11.8 Å². The van der Waals surface area contributed by atoms with Gasteiger partial charge in [-0.25, -0.2) is 9.36 Å². The van der Waals surface area contributed by atoms with Crippen molar-refractivity contribution in [2.75, 3.05) is 0 Å². The second-order valence-electron chi connectivity index (χ2n) is 5.74. The van der Waals surface area contributed by atoms with Crippen LogP contribution in [0.4, 0.5) is 0 Å². The first-order valence-corrected chi connectivity index (χ1v) is 9.43. The topological polar surface area (TPSA) is 80.7 Å². The molecule has 0 bridgehead atoms. The number of pyridine rings is 1. The summed E-state index contributed by atoms with van der Waals surface area (Å²) in [5.74, 6) is 0. The van der Waals surface area contributed by atoms with Gasteiger partial charge in [0, 0.05) is 28.2 Å². The number of hydrogen-bond acceptors (Lipinski definition) is 5. The summed E-state index contributed by atoms with van der Waals surface area (Å²) in [6, 6.07) is 7.03. The molecule has 0 amide bonds. The zero-order valence-electron chi connectivity index (χ0n) is 14.8. The van der Waals surface area contributed by atoms with Crippen molar-refractivity contribution in [1.29, 1.82) is 5.26 Å². The van der Waals surface area contributed by atoms with Crippen LogP contribution in [0.5, 0.6) is 0 Å². The van der Waals surface area contributed by atoms with Gasteiger partial charge in [0.15, 0.2) is 0 Å². The highest BCUT2D eigenvalue weighted by atomic mass is 35.5. The fourth-order valence-electron chi connectivity index (χ4n) is 2.80. The van der Waals surface area contributed by atoms with E-state index < -0.39 is 11.2 Å². The van der Waals surface area contributed by atoms with Crippen molar-refractivity contribution in [3.63, 3.8) is 0 Å². The smallest absolute Gasteiger partial charge is 0.291 e. The van der Waals surface area contributed by atoms with E-state index in [0.29, 0.717) is 31.4 Å². The number of thiophene rings is 1. The van der Waals surface area contributed by atoms with E-state index in [4.69, 9.17) is 16.9 Å². The highest BCUT2D eigenvalue weighted by molar-refractivity contribution is 7.20. The molecule has 8 heteroatoms. The molecule has 0 radical (unpaired) electrons. The van der Waals surface area contributed by atoms with Gasteiger partial charge in [-0.2, -0.15) is 5.26 Å². The van der Waals surface area contributed by atoms with Crippen LogP contribution in [0, 0.1) is 11.3 Å². The molecule has 3 aromatic heterocycles. The number of allylic oxidation sites excluding steroid dienone is 4. The van der Waals surface area contributed by atoms with Crippen LogP contribution in [0.2, 0.25) is 0 Å². The highest BCUT2D eigenvalue weighted by Gasteiger charge is 2.19. The van der Waals surface area contributed by atoms with E-state index in [9.17, 15) is 9.59 Å². The summed E-state index contributed by atoms with van der Waals surface area (Å²) in [5.41, 5.74) is 0.464. The lowest BCUT2D eigenvalue weighted by atomic mass is 10.2. The molecule has 3 heterocycles. The Morgan fingerprint density at radius 1 is 1.43 bits per heavy atom. The van der Waals surface area contributed by atoms with Crippen molar-refractivity contribution in [1.82, 2.24) is 14.1 Å². The predicted molar refractivity (Wildman–Crippen MR) is 113 cm³/mol. The molecular weight excluding hydrogens is 396 g/mol. The number of aromatic nitrogens is 3. The van der Waals surface area contributed by atoms with Crippen molar-refractivity contribution in [2.45, 2.75) is 13.0 Å². The van der Waals surface area contributed by atoms with Crippen LogP contribution in [0.3, 0.4) is 0 Å². The van der Waals surface area contributed by atoms with Crippen LogP contribution in [0.15, 0.2) is 70.5 Å². The first-order valence-electron chi connectivity index (χ1n) is 8.24. The maximum Gasteiger partial charge on any atom is 0.336 e. The van der Waals surface area contributed by atoms with Gasteiger partial charge in [0.05, 0.1) is 29.9 Å². The van der Waals surface area contributed by atoms with E-state index in [1.54, 1.807) is 36.5 Å². The fraction of sp³-hybridized carbons (Fsp3) is 0.100. The average molecular weight is 411 g/mol. The molecule has 140 valence electrons. The Bertz CT molecular complexity index is 1260. The predicted octanol–water partition coefficient (Wildman–Crippen LogP) is 3.84. The zero-order chi connectivity index (χ0) is 20.3. The maximum atomic E-state index is 13.1. The molecule has 0 saturated heterocycles. The lowest BCUT2D eigenvalue weighted by molar-refractivity contribution is 0.662. The van der Waals surface area contributed by atoms with E-state index in [1.807, 2.05) is 6.07 Å². The Morgan fingerprint density at radius 3 is 2.82 bits per heavy atom. The van der Waals surface area contributed by atoms with Crippen LogP contribution in [0.25, 0.3) is 21.5 Å². The third kappa shape index (κ3) is 3.48. The number of rotatable bonds is 6. The van der Waals surface area contributed by atoms with Crippen molar-refractivity contribution in [2.24, 2.45) is 0 Å². The van der Waals surface area contributed by atoms with E-state index in [1.165, 1.54) is 22.1 Å². The Morgan fingerprint density at radius 2 is 2.21 bits per heavy atom. The number of halogens is 1. The Labute approximate surface area is 169 Å². The molecule has 0 atom stereocenters. The number of aryl methyl sites for hydroxylation is 1. The van der Waals surface area contributed by atoms with Gasteiger partial charge in [-0.15, -0.1) is 11.3 Å². The molecule has 0 saturated carbocycles. The summed E-state index contributed by atoms with van der Waals surface area (Å²) in [5, 5.41) is 9.27. The number of nitriles is 1. The van der Waals surface area contributed by atoms with E-state index in [2.05, 4.69) is 18.1 Å². The molecule has 0 N–H and O–H groups in total. The molecule has 0 unspecified atom stereocenters. The lowest BCUT2D eigenvalue weighted by Crippen LogP contribution is -2.38. The second-order valence-corrected chi connectivity index (χ2v) is 7.25. The number of nitrogens with zero attached hydrogens (tertiary/aromatic N) is 4. The number of fused-ring (bicyclic) bond motifs is 1. The van der Waals surface area contributed by atoms with Gasteiger partial charge in [0.2, 0.25) is 0 Å². The minimum absolute atomic E-state index is 0.128. The van der Waals surface area contributed by atoms with Gasteiger partial charge in [-0.3, -0.25) is 14.3 Å². The summed E-state index contributed by atoms with van der Waals surface area (Å²) in [6.07, 6.45) is 6.40. The summed E-state index contributed by atoms with van der Waals surface area (Å²) < 4.78 is 2.87. The zero-order valence-corrected chi connectivity index (χ0v) is 16.3. The minimum Gasteiger partial charge on any atom is -0.291 e. The Kier molecular flexibility index (Phi) is 5.73. The van der Waals surface area contributed by atoms with Crippen molar-refractivity contribution in [3.05, 3.63) is 86.7 Å². The standard InChI is InChI=1S/C20H15ClN4O2S/c1-3-6-15(13(2)21)17-11-16-18(28-17)19(26)25(14-7-4-9-23-12-14)20(27)24(16)10-5-8-22/h3-4,6-7,9,11-12H,1-2,5,10H2/b15-6+. The van der Waals surface area contributed by atoms with E-state index in [0.717, 1.165) is 4.57 Å². The largest absolute Gasteiger partial charge is 0.336 e. The van der Waals surface area contributed by atoms with Crippen molar-refractivity contribution >= 4 is 38.7 Å². The van der Waals surface area contributed by atoms with Crippen LogP contribution < -0.4 is 11.2 Å². The minimum atomic E-state index is -0.524. The molecule has 28 heavy (non-hydrogen) atoms. The third-order valence-corrected chi connectivity index (χ3v) is 5.37. The monoisotopic (exact) mass is 410 g/mol. The molecule has 0 aliphatic heterocycles. The molecule has 3 rings (SSSR count). The second kappa shape index (κ2) is 8.21. The summed E-state index contributed by atoms with van der Waals surface area (Å²) in [7, 11) is 0. The van der Waals surface area contributed by atoms with E-state index in [-0.39, 0.29) is 13.0 Å². The third-order valence-electron chi connectivity index (χ3n) is 4.02. The van der Waals surface area contributed by atoms with Gasteiger partial charge in [0.1, 0.15) is 4.70 Å². The summed E-state index contributed by atoms with van der Waals surface area (Å²) in [6.45, 7) is 7.58. The average Bonchev–Trinajstić information content (AvgIpc) is 3.12. The molecule has 0 aliphatic rings. The molecular formula is C20H15ClN4O2S. The van der Waals surface area contributed by atoms with Gasteiger partial charge >= 0.3 is 5.69 Å². The highest BCUT2D eigenvalue weighted by Crippen LogP contribution is 2.33. The van der Waals surface area contributed by atoms with Gasteiger partial charge < -0.3 is 0 Å². The molecule has 0 spiro atoms. The number of hydrogen-bond donors (Lipinski definition) is 0. The lowest BCUT2D eigenvalue weighted by Gasteiger charge is -2.10. The van der Waals surface area contributed by atoms with Gasteiger partial charge in [-0.05, 0) is 18.2 Å². The molecule has 6 nitrogen and oxygen atoms in total. The van der Waals surface area contributed by atoms with Crippen LogP contribution in [-0.4, -0.2) is 14.1 Å². The maximum absolute atomic E-state index is 13.1. The summed E-state index contributed by atoms with van der Waals surface area (Å²) >= 11 is 7.31. The van der Waals surface area contributed by atoms with Crippen molar-refractivity contribution < 1.29 is 0 Å². The SMILES string of the molecule is C=C/C=C(\C(=C)Cl)c1cc2c(s1)c(=O)n(-c1cccnc1)c(=O)n2CCC#N.